The first-order valence-electron chi connectivity index (χ1n) is 9.31. The lowest BCUT2D eigenvalue weighted by atomic mass is 10.0. The molecule has 0 aliphatic heterocycles. The van der Waals surface area contributed by atoms with E-state index in [0.717, 1.165) is 11.6 Å². The second-order valence-electron chi connectivity index (χ2n) is 6.95. The maximum Gasteiger partial charge on any atom is 0.417 e. The zero-order valence-electron chi connectivity index (χ0n) is 16.2. The molecule has 2 heterocycles. The molecule has 1 N–H and O–H groups in total. The van der Waals surface area contributed by atoms with Crippen molar-refractivity contribution >= 4 is 22.3 Å². The van der Waals surface area contributed by atoms with Crippen molar-refractivity contribution in [3.63, 3.8) is 0 Å². The highest BCUT2D eigenvalue weighted by Crippen LogP contribution is 2.41. The number of hydrogen-bond donors (Lipinski definition) is 1. The molecule has 4 rings (SSSR count). The van der Waals surface area contributed by atoms with Gasteiger partial charge in [-0.3, -0.25) is 4.98 Å². The molecule has 0 spiro atoms. The van der Waals surface area contributed by atoms with Gasteiger partial charge in [0.2, 0.25) is 0 Å². The van der Waals surface area contributed by atoms with E-state index >= 15 is 0 Å². The van der Waals surface area contributed by atoms with E-state index in [2.05, 4.69) is 20.5 Å². The summed E-state index contributed by atoms with van der Waals surface area (Å²) >= 11 is 0. The second kappa shape index (κ2) is 8.10. The van der Waals surface area contributed by atoms with Crippen LogP contribution in [0.2, 0.25) is 0 Å². The zero-order chi connectivity index (χ0) is 22.9. The lowest BCUT2D eigenvalue weighted by molar-refractivity contribution is -0.162. The van der Waals surface area contributed by atoms with Gasteiger partial charge in [0.15, 0.2) is 5.82 Å². The van der Waals surface area contributed by atoms with Crippen molar-refractivity contribution in [3.8, 4) is 0 Å². The summed E-state index contributed by atoms with van der Waals surface area (Å²) in [5, 5.41) is 12.2. The number of fused-ring (bicyclic) bond motifs is 1. The van der Waals surface area contributed by atoms with E-state index in [1.54, 1.807) is 36.7 Å². The molecule has 2 aromatic heterocycles. The zero-order valence-corrected chi connectivity index (χ0v) is 16.2. The molecule has 0 bridgehead atoms. The molecule has 164 valence electrons. The summed E-state index contributed by atoms with van der Waals surface area (Å²) in [6.07, 6.45) is -6.57. The number of alkyl halides is 6. The van der Waals surface area contributed by atoms with Gasteiger partial charge < -0.3 is 5.32 Å². The molecule has 0 fully saturated rings. The molecule has 0 amide bonds. The molecule has 0 atom stereocenters. The van der Waals surface area contributed by atoms with Gasteiger partial charge in [-0.05, 0) is 35.9 Å². The fraction of sp³-hybridized carbons (Fsp3) is 0.136. The minimum absolute atomic E-state index is 0.131. The van der Waals surface area contributed by atoms with Crippen molar-refractivity contribution in [1.82, 2.24) is 15.2 Å². The van der Waals surface area contributed by atoms with Crippen LogP contribution >= 0.6 is 0 Å². The van der Waals surface area contributed by atoms with Gasteiger partial charge in [-0.2, -0.15) is 31.4 Å². The summed E-state index contributed by atoms with van der Waals surface area (Å²) in [7, 11) is 0. The van der Waals surface area contributed by atoms with Crippen LogP contribution in [0.3, 0.4) is 0 Å². The van der Waals surface area contributed by atoms with Crippen LogP contribution < -0.4 is 5.32 Å². The van der Waals surface area contributed by atoms with E-state index in [4.69, 9.17) is 0 Å². The molecule has 0 radical (unpaired) electrons. The Morgan fingerprint density at radius 2 is 1.38 bits per heavy atom. The van der Waals surface area contributed by atoms with Crippen molar-refractivity contribution in [3.05, 3.63) is 89.4 Å². The summed E-state index contributed by atoms with van der Waals surface area (Å²) < 4.78 is 78.8. The average molecular weight is 448 g/mol. The summed E-state index contributed by atoms with van der Waals surface area (Å²) in [4.78, 5) is 3.96. The molecule has 0 aliphatic carbocycles. The maximum absolute atomic E-state index is 13.3. The maximum atomic E-state index is 13.3. The van der Waals surface area contributed by atoms with Crippen molar-refractivity contribution in [2.75, 3.05) is 5.32 Å². The third-order valence-electron chi connectivity index (χ3n) is 4.78. The molecular weight excluding hydrogens is 434 g/mol. The van der Waals surface area contributed by atoms with Gasteiger partial charge in [-0.1, -0.05) is 24.3 Å². The standard InChI is InChI=1S/C22H14F6N4/c23-21(24,25)17-6-5-14(12-18(17)22(26,27)28)30-20-16-4-2-1-3-15(16)19(31-32-20)11-13-7-9-29-10-8-13/h1-10,12H,11H2,(H,30,32). The Balaban J connectivity index is 1.73. The minimum Gasteiger partial charge on any atom is -0.338 e. The monoisotopic (exact) mass is 448 g/mol. The average Bonchev–Trinajstić information content (AvgIpc) is 2.75. The van der Waals surface area contributed by atoms with Crippen LogP contribution in [0, 0.1) is 0 Å². The van der Waals surface area contributed by atoms with E-state index in [1.807, 2.05) is 12.1 Å². The van der Waals surface area contributed by atoms with Gasteiger partial charge in [0.1, 0.15) is 0 Å². The number of halogens is 6. The van der Waals surface area contributed by atoms with Crippen LogP contribution in [0.5, 0.6) is 0 Å². The Hall–Kier alpha value is -3.69. The van der Waals surface area contributed by atoms with Gasteiger partial charge in [-0.25, -0.2) is 0 Å². The Kier molecular flexibility index (Phi) is 5.45. The van der Waals surface area contributed by atoms with E-state index in [-0.39, 0.29) is 11.5 Å². The highest BCUT2D eigenvalue weighted by atomic mass is 19.4. The van der Waals surface area contributed by atoms with Crippen molar-refractivity contribution < 1.29 is 26.3 Å². The Morgan fingerprint density at radius 3 is 2.03 bits per heavy atom. The van der Waals surface area contributed by atoms with E-state index in [1.165, 1.54) is 0 Å². The number of aromatic nitrogens is 3. The van der Waals surface area contributed by atoms with E-state index in [0.29, 0.717) is 35.0 Å². The number of pyridine rings is 1. The molecule has 4 nitrogen and oxygen atoms in total. The van der Waals surface area contributed by atoms with Crippen LogP contribution in [-0.2, 0) is 18.8 Å². The molecule has 4 aromatic rings. The first-order valence-corrected chi connectivity index (χ1v) is 9.31. The predicted molar refractivity (Wildman–Crippen MR) is 106 cm³/mol. The molecule has 2 aromatic carbocycles. The van der Waals surface area contributed by atoms with Crippen LogP contribution in [0.4, 0.5) is 37.8 Å². The van der Waals surface area contributed by atoms with Crippen LogP contribution in [-0.4, -0.2) is 15.2 Å². The SMILES string of the molecule is FC(F)(F)c1ccc(Nc2nnc(Cc3ccncc3)c3ccccc23)cc1C(F)(F)F. The minimum atomic E-state index is -5.18. The molecule has 10 heteroatoms. The summed E-state index contributed by atoms with van der Waals surface area (Å²) in [5.41, 5.74) is -2.13. The smallest absolute Gasteiger partial charge is 0.338 e. The van der Waals surface area contributed by atoms with Crippen molar-refractivity contribution in [1.29, 1.82) is 0 Å². The first kappa shape index (κ1) is 21.5. The predicted octanol–water partition coefficient (Wildman–Crippen LogP) is 6.40. The molecule has 0 saturated heterocycles. The number of anilines is 2. The Labute approximate surface area is 177 Å². The Bertz CT molecular complexity index is 1250. The summed E-state index contributed by atoms with van der Waals surface area (Å²) in [5.74, 6) is 0.131. The number of nitrogens with zero attached hydrogens (tertiary/aromatic N) is 3. The Morgan fingerprint density at radius 1 is 0.719 bits per heavy atom. The quantitative estimate of drug-likeness (QED) is 0.367. The lowest BCUT2D eigenvalue weighted by Gasteiger charge is -2.17. The highest BCUT2D eigenvalue weighted by Gasteiger charge is 2.43. The van der Waals surface area contributed by atoms with E-state index in [9.17, 15) is 26.3 Å². The highest BCUT2D eigenvalue weighted by molar-refractivity contribution is 5.94. The molecule has 0 aliphatic rings. The molecule has 0 unspecified atom stereocenters. The molecule has 0 saturated carbocycles. The third kappa shape index (κ3) is 4.48. The normalized spacial score (nSPS) is 12.2. The number of hydrogen-bond acceptors (Lipinski definition) is 4. The topological polar surface area (TPSA) is 50.7 Å². The van der Waals surface area contributed by atoms with Gasteiger partial charge in [0.25, 0.3) is 0 Å². The van der Waals surface area contributed by atoms with Crippen molar-refractivity contribution in [2.45, 2.75) is 18.8 Å². The van der Waals surface area contributed by atoms with Gasteiger partial charge in [0.05, 0.1) is 16.8 Å². The van der Waals surface area contributed by atoms with Crippen molar-refractivity contribution in [2.24, 2.45) is 0 Å². The molecular formula is C22H14F6N4. The summed E-state index contributed by atoms with van der Waals surface area (Å²) in [6.45, 7) is 0. The number of rotatable bonds is 4. The number of benzene rings is 2. The van der Waals surface area contributed by atoms with Crippen LogP contribution in [0.1, 0.15) is 22.4 Å². The van der Waals surface area contributed by atoms with Gasteiger partial charge >= 0.3 is 12.4 Å². The first-order chi connectivity index (χ1) is 15.1. The lowest BCUT2D eigenvalue weighted by Crippen LogP contribution is -2.16. The largest absolute Gasteiger partial charge is 0.417 e. The second-order valence-corrected chi connectivity index (χ2v) is 6.95. The van der Waals surface area contributed by atoms with Crippen LogP contribution in [0.15, 0.2) is 67.0 Å². The van der Waals surface area contributed by atoms with Gasteiger partial charge in [0, 0.05) is 35.3 Å². The van der Waals surface area contributed by atoms with Crippen LogP contribution in [0.25, 0.3) is 10.8 Å². The third-order valence-corrected chi connectivity index (χ3v) is 4.78. The molecule has 32 heavy (non-hydrogen) atoms. The number of nitrogens with one attached hydrogen (secondary N) is 1. The fourth-order valence-corrected chi connectivity index (χ4v) is 3.32. The van der Waals surface area contributed by atoms with E-state index < -0.39 is 23.5 Å². The van der Waals surface area contributed by atoms with Gasteiger partial charge in [-0.15, -0.1) is 5.10 Å². The fourth-order valence-electron chi connectivity index (χ4n) is 3.32. The summed E-state index contributed by atoms with van der Waals surface area (Å²) in [6, 6.07) is 12.4.